The Kier molecular flexibility index (Phi) is 2.77. The molecule has 2 N–H and O–H groups in total. The third-order valence-corrected chi connectivity index (χ3v) is 3.59. The van der Waals surface area contributed by atoms with E-state index in [-0.39, 0.29) is 0 Å². The zero-order chi connectivity index (χ0) is 10.1. The average molecular weight is 195 g/mol. The van der Waals surface area contributed by atoms with Crippen LogP contribution in [0.4, 0.5) is 0 Å². The second kappa shape index (κ2) is 3.89. The van der Waals surface area contributed by atoms with E-state index in [1.807, 2.05) is 0 Å². The SMILES string of the molecule is CC(C)N1C=NC2CCC(CN)CC21. The van der Waals surface area contributed by atoms with Crippen LogP contribution in [0.1, 0.15) is 33.1 Å². The molecule has 1 saturated carbocycles. The molecule has 80 valence electrons. The van der Waals surface area contributed by atoms with Gasteiger partial charge in [-0.1, -0.05) is 0 Å². The Morgan fingerprint density at radius 3 is 2.93 bits per heavy atom. The maximum atomic E-state index is 5.75. The molecule has 1 aliphatic carbocycles. The first kappa shape index (κ1) is 9.97. The molecular weight excluding hydrogens is 174 g/mol. The van der Waals surface area contributed by atoms with Gasteiger partial charge in [-0.05, 0) is 45.6 Å². The van der Waals surface area contributed by atoms with Crippen LogP contribution in [0.2, 0.25) is 0 Å². The lowest BCUT2D eigenvalue weighted by Crippen LogP contribution is -2.45. The van der Waals surface area contributed by atoms with Crippen LogP contribution in [-0.2, 0) is 0 Å². The third kappa shape index (κ3) is 1.65. The maximum absolute atomic E-state index is 5.75. The first-order chi connectivity index (χ1) is 6.72. The third-order valence-electron chi connectivity index (χ3n) is 3.59. The van der Waals surface area contributed by atoms with E-state index in [9.17, 15) is 0 Å². The molecule has 3 atom stereocenters. The molecule has 0 spiro atoms. The summed E-state index contributed by atoms with van der Waals surface area (Å²) >= 11 is 0. The number of fused-ring (bicyclic) bond motifs is 1. The van der Waals surface area contributed by atoms with Crippen LogP contribution in [-0.4, -0.2) is 35.9 Å². The summed E-state index contributed by atoms with van der Waals surface area (Å²) < 4.78 is 0. The standard InChI is InChI=1S/C11H21N3/c1-8(2)14-7-13-10-4-3-9(6-12)5-11(10)14/h7-11H,3-6,12H2,1-2H3. The van der Waals surface area contributed by atoms with Crippen LogP contribution in [0.15, 0.2) is 4.99 Å². The molecule has 0 aromatic carbocycles. The normalized spacial score (nSPS) is 36.6. The summed E-state index contributed by atoms with van der Waals surface area (Å²) in [6.45, 7) is 5.32. The Balaban J connectivity index is 2.03. The molecule has 1 aliphatic heterocycles. The van der Waals surface area contributed by atoms with Gasteiger partial charge in [0.1, 0.15) is 0 Å². The van der Waals surface area contributed by atoms with Gasteiger partial charge < -0.3 is 10.6 Å². The van der Waals surface area contributed by atoms with Gasteiger partial charge in [0.05, 0.1) is 18.4 Å². The first-order valence-electron chi connectivity index (χ1n) is 5.73. The lowest BCUT2D eigenvalue weighted by Gasteiger charge is -2.37. The molecule has 0 aromatic rings. The molecule has 1 fully saturated rings. The van der Waals surface area contributed by atoms with Crippen molar-refractivity contribution in [2.75, 3.05) is 6.54 Å². The van der Waals surface area contributed by atoms with Gasteiger partial charge in [-0.15, -0.1) is 0 Å². The summed E-state index contributed by atoms with van der Waals surface area (Å²) in [5, 5.41) is 0. The Morgan fingerprint density at radius 2 is 2.29 bits per heavy atom. The summed E-state index contributed by atoms with van der Waals surface area (Å²) in [6, 6.07) is 1.77. The van der Waals surface area contributed by atoms with Gasteiger partial charge in [0.25, 0.3) is 0 Å². The Bertz CT molecular complexity index is 225. The lowest BCUT2D eigenvalue weighted by atomic mass is 9.82. The molecule has 0 saturated heterocycles. The van der Waals surface area contributed by atoms with Crippen LogP contribution in [0.25, 0.3) is 0 Å². The van der Waals surface area contributed by atoms with Gasteiger partial charge in [-0.2, -0.15) is 0 Å². The monoisotopic (exact) mass is 195 g/mol. The summed E-state index contributed by atoms with van der Waals surface area (Å²) in [6.07, 6.45) is 5.78. The van der Waals surface area contributed by atoms with E-state index in [1.165, 1.54) is 19.3 Å². The topological polar surface area (TPSA) is 41.6 Å². The molecule has 1 heterocycles. The van der Waals surface area contributed by atoms with Gasteiger partial charge in [0.15, 0.2) is 0 Å². The van der Waals surface area contributed by atoms with E-state index in [1.54, 1.807) is 0 Å². The summed E-state index contributed by atoms with van der Waals surface area (Å²) in [5.74, 6) is 0.721. The summed E-state index contributed by atoms with van der Waals surface area (Å²) in [4.78, 5) is 7.00. The molecule has 3 heteroatoms. The molecular formula is C11H21N3. The van der Waals surface area contributed by atoms with Crippen molar-refractivity contribution in [3.63, 3.8) is 0 Å². The van der Waals surface area contributed by atoms with E-state index in [2.05, 4.69) is 30.1 Å². The number of aliphatic imine (C=N–C) groups is 1. The molecule has 0 aromatic heterocycles. The Hall–Kier alpha value is -0.570. The van der Waals surface area contributed by atoms with Crippen molar-refractivity contribution in [3.8, 4) is 0 Å². The minimum atomic E-state index is 0.556. The Labute approximate surface area is 86.4 Å². The van der Waals surface area contributed by atoms with Gasteiger partial charge in [-0.25, -0.2) is 0 Å². The predicted octanol–water partition coefficient (Wildman–Crippen LogP) is 1.23. The van der Waals surface area contributed by atoms with Gasteiger partial charge >= 0.3 is 0 Å². The zero-order valence-corrected chi connectivity index (χ0v) is 9.19. The second-order valence-corrected chi connectivity index (χ2v) is 4.85. The smallest absolute Gasteiger partial charge is 0.0859 e. The van der Waals surface area contributed by atoms with Crippen LogP contribution in [0, 0.1) is 5.92 Å². The molecule has 0 radical (unpaired) electrons. The zero-order valence-electron chi connectivity index (χ0n) is 9.19. The summed E-state index contributed by atoms with van der Waals surface area (Å²) in [7, 11) is 0. The predicted molar refractivity (Wildman–Crippen MR) is 59.4 cm³/mol. The van der Waals surface area contributed by atoms with Crippen molar-refractivity contribution in [2.45, 2.75) is 51.2 Å². The van der Waals surface area contributed by atoms with Crippen LogP contribution >= 0.6 is 0 Å². The first-order valence-corrected chi connectivity index (χ1v) is 5.73. The number of hydrogen-bond acceptors (Lipinski definition) is 3. The number of nitrogens with zero attached hydrogens (tertiary/aromatic N) is 2. The highest BCUT2D eigenvalue weighted by Gasteiger charge is 2.36. The van der Waals surface area contributed by atoms with Crippen molar-refractivity contribution in [2.24, 2.45) is 16.6 Å². The van der Waals surface area contributed by atoms with E-state index in [0.29, 0.717) is 18.1 Å². The lowest BCUT2D eigenvalue weighted by molar-refractivity contribution is 0.180. The Morgan fingerprint density at radius 1 is 1.50 bits per heavy atom. The van der Waals surface area contributed by atoms with E-state index in [0.717, 1.165) is 12.5 Å². The maximum Gasteiger partial charge on any atom is 0.0859 e. The van der Waals surface area contributed by atoms with Crippen molar-refractivity contribution in [1.82, 2.24) is 4.90 Å². The van der Waals surface area contributed by atoms with Gasteiger partial charge in [0.2, 0.25) is 0 Å². The fourth-order valence-corrected chi connectivity index (χ4v) is 2.69. The number of hydrogen-bond donors (Lipinski definition) is 1. The van der Waals surface area contributed by atoms with Crippen LogP contribution in [0.3, 0.4) is 0 Å². The van der Waals surface area contributed by atoms with Crippen LogP contribution < -0.4 is 5.73 Å². The molecule has 2 aliphatic rings. The van der Waals surface area contributed by atoms with Crippen molar-refractivity contribution >= 4 is 6.34 Å². The molecule has 3 nitrogen and oxygen atoms in total. The second-order valence-electron chi connectivity index (χ2n) is 4.85. The minimum Gasteiger partial charge on any atom is -0.355 e. The highest BCUT2D eigenvalue weighted by Crippen LogP contribution is 2.32. The van der Waals surface area contributed by atoms with E-state index in [4.69, 9.17) is 5.73 Å². The van der Waals surface area contributed by atoms with Crippen molar-refractivity contribution < 1.29 is 0 Å². The summed E-state index contributed by atoms with van der Waals surface area (Å²) in [5.41, 5.74) is 5.75. The fourth-order valence-electron chi connectivity index (χ4n) is 2.69. The highest BCUT2D eigenvalue weighted by atomic mass is 15.3. The molecule has 0 bridgehead atoms. The van der Waals surface area contributed by atoms with E-state index < -0.39 is 0 Å². The molecule has 0 amide bonds. The van der Waals surface area contributed by atoms with Gasteiger partial charge in [-0.3, -0.25) is 4.99 Å². The molecule has 2 rings (SSSR count). The quantitative estimate of drug-likeness (QED) is 0.720. The average Bonchev–Trinajstić information content (AvgIpc) is 2.59. The van der Waals surface area contributed by atoms with Gasteiger partial charge in [0, 0.05) is 6.04 Å². The molecule has 3 unspecified atom stereocenters. The fraction of sp³-hybridized carbons (Fsp3) is 0.909. The largest absolute Gasteiger partial charge is 0.355 e. The highest BCUT2D eigenvalue weighted by molar-refractivity contribution is 5.59. The van der Waals surface area contributed by atoms with Crippen molar-refractivity contribution in [3.05, 3.63) is 0 Å². The van der Waals surface area contributed by atoms with Crippen LogP contribution in [0.5, 0.6) is 0 Å². The molecule has 14 heavy (non-hydrogen) atoms. The minimum absolute atomic E-state index is 0.556. The van der Waals surface area contributed by atoms with E-state index >= 15 is 0 Å². The van der Waals surface area contributed by atoms with Crippen molar-refractivity contribution in [1.29, 1.82) is 0 Å². The number of rotatable bonds is 2. The number of nitrogens with two attached hydrogens (primary N) is 1.